The lowest BCUT2D eigenvalue weighted by Crippen LogP contribution is -2.19. The molecule has 0 atom stereocenters. The molecule has 14 rings (SSSR count). The molecule has 10 aromatic carbocycles. The van der Waals surface area contributed by atoms with Crippen molar-refractivity contribution in [2.45, 2.75) is 129 Å². The van der Waals surface area contributed by atoms with E-state index < -0.39 is 0 Å². The van der Waals surface area contributed by atoms with Gasteiger partial charge in [0.05, 0.1) is 17.1 Å². The zero-order chi connectivity index (χ0) is 55.8. The summed E-state index contributed by atoms with van der Waals surface area (Å²) in [7, 11) is 0. The molecule has 2 heteroatoms. The molecule has 0 N–H and O–H groups in total. The molecule has 80 heavy (non-hydrogen) atoms. The Hall–Kier alpha value is -7.94. The fraction of sp³-hybridized carbons (Fsp3) is 0.256. The van der Waals surface area contributed by atoms with Gasteiger partial charge in [0, 0.05) is 55.2 Å². The van der Waals surface area contributed by atoms with E-state index in [-0.39, 0.29) is 32.5 Å². The van der Waals surface area contributed by atoms with Crippen LogP contribution >= 0.6 is 0 Å². The second kappa shape index (κ2) is 16.8. The van der Waals surface area contributed by atoms with Crippen LogP contribution in [0.25, 0.3) is 55.3 Å². The Morgan fingerprint density at radius 3 is 1.23 bits per heavy atom. The maximum Gasteiger partial charge on any atom is 0.0543 e. The summed E-state index contributed by atoms with van der Waals surface area (Å²) in [6.07, 6.45) is 0. The number of rotatable bonds is 6. The summed E-state index contributed by atoms with van der Waals surface area (Å²) in [5.41, 5.74) is 30.7. The molecule has 0 heterocycles. The zero-order valence-electron chi connectivity index (χ0n) is 49.4. The molecule has 0 aromatic heterocycles. The molecule has 0 fully saturated rings. The first-order valence-corrected chi connectivity index (χ1v) is 29.2. The van der Waals surface area contributed by atoms with Crippen LogP contribution < -0.4 is 9.80 Å². The van der Waals surface area contributed by atoms with Gasteiger partial charge >= 0.3 is 0 Å². The van der Waals surface area contributed by atoms with Gasteiger partial charge < -0.3 is 9.80 Å². The number of fused-ring (bicyclic) bond motifs is 14. The molecule has 4 aliphatic rings. The third-order valence-electron chi connectivity index (χ3n) is 19.6. The number of benzene rings is 10. The molecule has 0 spiro atoms. The number of hydrogen-bond donors (Lipinski definition) is 0. The summed E-state index contributed by atoms with van der Waals surface area (Å²) in [4.78, 5) is 5.13. The molecule has 0 bridgehead atoms. The molecule has 0 aliphatic heterocycles. The lowest BCUT2D eigenvalue weighted by atomic mass is 9.79. The molecule has 0 radical (unpaired) electrons. The lowest BCUT2D eigenvalue weighted by molar-refractivity contribution is 0.590. The summed E-state index contributed by atoms with van der Waals surface area (Å²) >= 11 is 0. The summed E-state index contributed by atoms with van der Waals surface area (Å²) in [6.45, 7) is 33.2. The summed E-state index contributed by atoms with van der Waals surface area (Å²) in [5.74, 6) is 0. The molecule has 2 nitrogen and oxygen atoms in total. The molecule has 4 aliphatic carbocycles. The predicted molar refractivity (Wildman–Crippen MR) is 341 cm³/mol. The first-order chi connectivity index (χ1) is 38.0. The van der Waals surface area contributed by atoms with Gasteiger partial charge in [0.25, 0.3) is 0 Å². The van der Waals surface area contributed by atoms with Crippen molar-refractivity contribution in [2.75, 3.05) is 9.80 Å². The second-order valence-electron chi connectivity index (χ2n) is 27.8. The molecular weight excluding hydrogens is 965 g/mol. The van der Waals surface area contributed by atoms with E-state index in [1.54, 1.807) is 0 Å². The SMILES string of the molecule is CC(C)(C)c1ccc(N(c2ccc3c(c2)C(C)(C)c2cc4c(cc2-3)C(C)(C)c2cc(N(c3ccc(C(C)(C)C)cc3)c3cccc5c3-c3ccccc3C5(C)C)c3ccccc3c2-4)c2cccc3c2-c2ccccc2C3(C)C)cc1. The van der Waals surface area contributed by atoms with Crippen LogP contribution in [0.2, 0.25) is 0 Å². The number of anilines is 6. The highest BCUT2D eigenvalue weighted by molar-refractivity contribution is 6.12. The van der Waals surface area contributed by atoms with E-state index in [9.17, 15) is 0 Å². The van der Waals surface area contributed by atoms with Gasteiger partial charge in [-0.25, -0.2) is 0 Å². The van der Waals surface area contributed by atoms with Gasteiger partial charge in [-0.05, 0) is 172 Å². The van der Waals surface area contributed by atoms with Crippen LogP contribution in [-0.2, 0) is 32.5 Å². The average molecular weight is 1040 g/mol. The standard InChI is InChI=1S/C78H74N2/c1-73(2,3)47-33-37-49(38-34-47)79(67-31-21-29-61-71(67)55-25-17-19-27-59(55)75(61,7)8)51-41-42-52-57-44-65-58(45-64(57)77(11,12)63(52)43-51)70-54-24-16-15-23-53(54)69(46-66(70)78(65,13)14)80(50-39-35-48(36-40-50)74(4,5)6)68-32-22-30-62-72(68)56-26-18-20-28-60(56)76(62,9)10/h15-46H,1-14H3. The third-order valence-corrected chi connectivity index (χ3v) is 19.6. The van der Waals surface area contributed by atoms with Crippen molar-refractivity contribution in [1.82, 2.24) is 0 Å². The number of nitrogens with zero attached hydrogens (tertiary/aromatic N) is 2. The van der Waals surface area contributed by atoms with Crippen molar-refractivity contribution in [2.24, 2.45) is 0 Å². The van der Waals surface area contributed by atoms with E-state index in [2.05, 4.69) is 301 Å². The summed E-state index contributed by atoms with van der Waals surface area (Å²) in [5, 5.41) is 2.54. The summed E-state index contributed by atoms with van der Waals surface area (Å²) < 4.78 is 0. The van der Waals surface area contributed by atoms with Gasteiger partial charge in [-0.1, -0.05) is 224 Å². The van der Waals surface area contributed by atoms with Gasteiger partial charge in [0.15, 0.2) is 0 Å². The van der Waals surface area contributed by atoms with Gasteiger partial charge in [-0.15, -0.1) is 0 Å². The predicted octanol–water partition coefficient (Wildman–Crippen LogP) is 21.6. The fourth-order valence-corrected chi connectivity index (χ4v) is 15.0. The Morgan fingerprint density at radius 2 is 0.675 bits per heavy atom. The van der Waals surface area contributed by atoms with E-state index in [1.165, 1.54) is 134 Å². The molecule has 0 saturated carbocycles. The van der Waals surface area contributed by atoms with Gasteiger partial charge in [-0.2, -0.15) is 0 Å². The third kappa shape index (κ3) is 7.03. The van der Waals surface area contributed by atoms with Crippen molar-refractivity contribution in [3.05, 3.63) is 250 Å². The van der Waals surface area contributed by atoms with E-state index in [1.807, 2.05) is 0 Å². The fourth-order valence-electron chi connectivity index (χ4n) is 15.0. The van der Waals surface area contributed by atoms with Crippen LogP contribution in [0, 0.1) is 0 Å². The zero-order valence-corrected chi connectivity index (χ0v) is 49.4. The Bertz CT molecular complexity index is 4240. The van der Waals surface area contributed by atoms with Crippen molar-refractivity contribution >= 4 is 44.9 Å². The molecular formula is C78H74N2. The van der Waals surface area contributed by atoms with Crippen LogP contribution in [0.15, 0.2) is 194 Å². The quantitative estimate of drug-likeness (QED) is 0.164. The van der Waals surface area contributed by atoms with Crippen molar-refractivity contribution < 1.29 is 0 Å². The minimum absolute atomic E-state index is 0.0284. The Kier molecular flexibility index (Phi) is 10.6. The van der Waals surface area contributed by atoms with Crippen molar-refractivity contribution in [1.29, 1.82) is 0 Å². The molecule has 0 saturated heterocycles. The van der Waals surface area contributed by atoms with Crippen LogP contribution in [-0.4, -0.2) is 0 Å². The van der Waals surface area contributed by atoms with E-state index in [0.29, 0.717) is 0 Å². The minimum atomic E-state index is -0.298. The maximum absolute atomic E-state index is 2.60. The lowest BCUT2D eigenvalue weighted by Gasteiger charge is -2.32. The molecule has 10 aromatic rings. The van der Waals surface area contributed by atoms with E-state index >= 15 is 0 Å². The molecule has 396 valence electrons. The first-order valence-electron chi connectivity index (χ1n) is 29.2. The normalized spacial score (nSPS) is 16.0. The number of hydrogen-bond acceptors (Lipinski definition) is 2. The monoisotopic (exact) mass is 1040 g/mol. The average Bonchev–Trinajstić information content (AvgIpc) is 3.97. The van der Waals surface area contributed by atoms with Gasteiger partial charge in [0.1, 0.15) is 0 Å². The highest BCUT2D eigenvalue weighted by atomic mass is 15.2. The Labute approximate surface area is 475 Å². The van der Waals surface area contributed by atoms with Gasteiger partial charge in [-0.3, -0.25) is 0 Å². The van der Waals surface area contributed by atoms with Crippen molar-refractivity contribution in [3.8, 4) is 44.5 Å². The van der Waals surface area contributed by atoms with Gasteiger partial charge in [0.2, 0.25) is 0 Å². The summed E-state index contributed by atoms with van der Waals surface area (Å²) in [6, 6.07) is 75.2. The van der Waals surface area contributed by atoms with E-state index in [4.69, 9.17) is 0 Å². The largest absolute Gasteiger partial charge is 0.310 e. The van der Waals surface area contributed by atoms with E-state index in [0.717, 1.165) is 11.4 Å². The highest BCUT2D eigenvalue weighted by Crippen LogP contribution is 2.62. The first kappa shape index (κ1) is 50.3. The topological polar surface area (TPSA) is 6.48 Å². The Morgan fingerprint density at radius 1 is 0.263 bits per heavy atom. The molecule has 0 amide bonds. The van der Waals surface area contributed by atoms with Crippen LogP contribution in [0.1, 0.15) is 153 Å². The molecule has 0 unspecified atom stereocenters. The Balaban J connectivity index is 0.935. The van der Waals surface area contributed by atoms with Crippen LogP contribution in [0.5, 0.6) is 0 Å². The smallest absolute Gasteiger partial charge is 0.0543 e. The van der Waals surface area contributed by atoms with Crippen LogP contribution in [0.4, 0.5) is 34.1 Å². The minimum Gasteiger partial charge on any atom is -0.310 e. The second-order valence-corrected chi connectivity index (χ2v) is 27.8. The van der Waals surface area contributed by atoms with Crippen molar-refractivity contribution in [3.63, 3.8) is 0 Å². The maximum atomic E-state index is 2.60. The highest BCUT2D eigenvalue weighted by Gasteiger charge is 2.45. The van der Waals surface area contributed by atoms with Crippen LogP contribution in [0.3, 0.4) is 0 Å².